The number of carbonyl (C=O) groups is 1. The van der Waals surface area contributed by atoms with Crippen LogP contribution in [0.1, 0.15) is 16.1 Å². The summed E-state index contributed by atoms with van der Waals surface area (Å²) in [5.74, 6) is 0.728. The molecule has 0 unspecified atom stereocenters. The summed E-state index contributed by atoms with van der Waals surface area (Å²) in [4.78, 5) is 11.6. The molecule has 1 amide bonds. The lowest BCUT2D eigenvalue weighted by Crippen LogP contribution is -2.10. The van der Waals surface area contributed by atoms with Crippen LogP contribution < -0.4 is 5.32 Å². The Bertz CT molecular complexity index is 489. The monoisotopic (exact) mass is 270 g/mol. The van der Waals surface area contributed by atoms with E-state index >= 15 is 0 Å². The van der Waals surface area contributed by atoms with Crippen molar-refractivity contribution in [2.75, 3.05) is 5.32 Å². The van der Waals surface area contributed by atoms with Crippen molar-refractivity contribution in [2.45, 2.75) is 6.92 Å². The molecule has 15 heavy (non-hydrogen) atoms. The highest BCUT2D eigenvalue weighted by atomic mass is 79.9. The molecule has 5 nitrogen and oxygen atoms in total. The lowest BCUT2D eigenvalue weighted by atomic mass is 10.3. The van der Waals surface area contributed by atoms with Gasteiger partial charge in [-0.2, -0.15) is 0 Å². The number of carbonyl (C=O) groups excluding carboxylic acids is 1. The predicted molar refractivity (Wildman–Crippen MR) is 55.6 cm³/mol. The molecule has 0 radical (unpaired) electrons. The Morgan fingerprint density at radius 2 is 2.33 bits per heavy atom. The van der Waals surface area contributed by atoms with Crippen molar-refractivity contribution < 1.29 is 13.7 Å². The molecule has 2 rings (SSSR count). The Morgan fingerprint density at radius 1 is 1.53 bits per heavy atom. The second-order valence-corrected chi connectivity index (χ2v) is 3.70. The van der Waals surface area contributed by atoms with Crippen molar-refractivity contribution in [2.24, 2.45) is 0 Å². The molecular weight excluding hydrogens is 264 g/mol. The predicted octanol–water partition coefficient (Wildman–Crippen LogP) is 2.59. The number of aryl methyl sites for hydroxylation is 1. The van der Waals surface area contributed by atoms with Gasteiger partial charge in [0.25, 0.3) is 5.91 Å². The number of rotatable bonds is 2. The van der Waals surface area contributed by atoms with Gasteiger partial charge in [-0.3, -0.25) is 4.79 Å². The van der Waals surface area contributed by atoms with E-state index in [1.54, 1.807) is 19.1 Å². The van der Waals surface area contributed by atoms with Gasteiger partial charge in [0.05, 0.1) is 5.56 Å². The quantitative estimate of drug-likeness (QED) is 0.911. The Balaban J connectivity index is 2.10. The van der Waals surface area contributed by atoms with E-state index in [0.717, 1.165) is 0 Å². The van der Waals surface area contributed by atoms with E-state index in [1.165, 1.54) is 6.26 Å². The number of anilines is 1. The van der Waals surface area contributed by atoms with Crippen molar-refractivity contribution in [1.29, 1.82) is 0 Å². The lowest BCUT2D eigenvalue weighted by molar-refractivity contribution is 0.102. The van der Waals surface area contributed by atoms with Gasteiger partial charge in [0.1, 0.15) is 12.0 Å². The lowest BCUT2D eigenvalue weighted by Gasteiger charge is -1.95. The van der Waals surface area contributed by atoms with E-state index in [2.05, 4.69) is 26.4 Å². The summed E-state index contributed by atoms with van der Waals surface area (Å²) in [6, 6.07) is 3.20. The third-order valence-corrected chi connectivity index (χ3v) is 2.12. The van der Waals surface area contributed by atoms with Gasteiger partial charge in [0, 0.05) is 12.1 Å². The summed E-state index contributed by atoms with van der Waals surface area (Å²) >= 11 is 3.11. The van der Waals surface area contributed by atoms with Gasteiger partial charge in [-0.05, 0) is 22.9 Å². The third kappa shape index (κ3) is 2.27. The number of halogens is 1. The van der Waals surface area contributed by atoms with Crippen LogP contribution in [0, 0.1) is 6.92 Å². The van der Waals surface area contributed by atoms with E-state index in [1.807, 2.05) is 0 Å². The van der Waals surface area contributed by atoms with Crippen LogP contribution in [-0.2, 0) is 0 Å². The zero-order chi connectivity index (χ0) is 10.8. The first-order chi connectivity index (χ1) is 7.15. The number of furan rings is 1. The Labute approximate surface area is 93.6 Å². The van der Waals surface area contributed by atoms with Gasteiger partial charge in [-0.25, -0.2) is 0 Å². The minimum atomic E-state index is -0.294. The van der Waals surface area contributed by atoms with Crippen molar-refractivity contribution in [1.82, 2.24) is 5.16 Å². The second-order valence-electron chi connectivity index (χ2n) is 2.92. The average molecular weight is 271 g/mol. The minimum absolute atomic E-state index is 0.294. The Kier molecular flexibility index (Phi) is 2.59. The maximum Gasteiger partial charge on any atom is 0.260 e. The summed E-state index contributed by atoms with van der Waals surface area (Å²) < 4.78 is 10.3. The normalized spacial score (nSPS) is 10.3. The zero-order valence-electron chi connectivity index (χ0n) is 7.78. The molecule has 0 aromatic carbocycles. The summed E-state index contributed by atoms with van der Waals surface area (Å²) in [5.41, 5.74) is 0.419. The molecule has 0 atom stereocenters. The molecule has 6 heteroatoms. The van der Waals surface area contributed by atoms with Gasteiger partial charge in [0.15, 0.2) is 10.5 Å². The van der Waals surface area contributed by atoms with Crippen LogP contribution in [0.2, 0.25) is 0 Å². The molecule has 0 fully saturated rings. The van der Waals surface area contributed by atoms with Crippen molar-refractivity contribution in [3.8, 4) is 0 Å². The summed E-state index contributed by atoms with van der Waals surface area (Å²) in [5, 5.41) is 6.21. The largest absolute Gasteiger partial charge is 0.457 e. The summed E-state index contributed by atoms with van der Waals surface area (Å²) in [7, 11) is 0. The zero-order valence-corrected chi connectivity index (χ0v) is 9.37. The molecule has 0 spiro atoms. The van der Waals surface area contributed by atoms with Crippen LogP contribution in [0.4, 0.5) is 5.82 Å². The highest BCUT2D eigenvalue weighted by molar-refractivity contribution is 9.10. The first kappa shape index (κ1) is 9.97. The number of nitrogens with one attached hydrogen (secondary N) is 1. The number of hydrogen-bond donors (Lipinski definition) is 1. The molecular formula is C9H7BrN2O3. The van der Waals surface area contributed by atoms with Gasteiger partial charge in [-0.15, -0.1) is 0 Å². The van der Waals surface area contributed by atoms with Crippen LogP contribution in [0.3, 0.4) is 0 Å². The van der Waals surface area contributed by atoms with Crippen LogP contribution >= 0.6 is 15.9 Å². The molecule has 2 aromatic heterocycles. The number of aromatic nitrogens is 1. The van der Waals surface area contributed by atoms with E-state index in [4.69, 9.17) is 8.94 Å². The molecule has 0 saturated carbocycles. The fourth-order valence-electron chi connectivity index (χ4n) is 1.04. The first-order valence-corrected chi connectivity index (χ1v) is 4.93. The van der Waals surface area contributed by atoms with Crippen molar-refractivity contribution in [3.05, 3.63) is 34.4 Å². The summed E-state index contributed by atoms with van der Waals surface area (Å²) in [6.07, 6.45) is 1.35. The van der Waals surface area contributed by atoms with Crippen molar-refractivity contribution in [3.63, 3.8) is 0 Å². The molecule has 0 bridgehead atoms. The average Bonchev–Trinajstić information content (AvgIpc) is 2.75. The molecule has 2 aromatic rings. The van der Waals surface area contributed by atoms with Crippen LogP contribution in [-0.4, -0.2) is 11.1 Å². The van der Waals surface area contributed by atoms with Crippen molar-refractivity contribution >= 4 is 27.7 Å². The second kappa shape index (κ2) is 3.90. The van der Waals surface area contributed by atoms with Crippen LogP contribution in [0.25, 0.3) is 0 Å². The Hall–Kier alpha value is -1.56. The smallest absolute Gasteiger partial charge is 0.260 e. The molecule has 0 aliphatic carbocycles. The number of nitrogens with zero attached hydrogens (tertiary/aromatic N) is 1. The number of hydrogen-bond acceptors (Lipinski definition) is 4. The van der Waals surface area contributed by atoms with E-state index < -0.39 is 0 Å². The minimum Gasteiger partial charge on any atom is -0.457 e. The van der Waals surface area contributed by atoms with Crippen LogP contribution in [0.5, 0.6) is 0 Å². The molecule has 0 aliphatic heterocycles. The standard InChI is InChI=1S/C9H7BrN2O3/c1-5-2-8(12-15-5)11-9(13)6-3-7(10)14-4-6/h2-4H,1H3,(H,11,12,13). The molecule has 0 aliphatic rings. The Morgan fingerprint density at radius 3 is 2.87 bits per heavy atom. The van der Waals surface area contributed by atoms with Gasteiger partial charge < -0.3 is 14.3 Å². The number of amides is 1. The van der Waals surface area contributed by atoms with Crippen LogP contribution in [0.15, 0.2) is 32.0 Å². The maximum atomic E-state index is 11.6. The molecule has 0 saturated heterocycles. The topological polar surface area (TPSA) is 68.3 Å². The molecule has 2 heterocycles. The maximum absolute atomic E-state index is 11.6. The van der Waals surface area contributed by atoms with Gasteiger partial charge >= 0.3 is 0 Å². The molecule has 78 valence electrons. The highest BCUT2D eigenvalue weighted by Crippen LogP contribution is 2.15. The van der Waals surface area contributed by atoms with E-state index in [-0.39, 0.29) is 5.91 Å². The van der Waals surface area contributed by atoms with Gasteiger partial charge in [0.2, 0.25) is 0 Å². The fourth-order valence-corrected chi connectivity index (χ4v) is 1.38. The fraction of sp³-hybridized carbons (Fsp3) is 0.111. The highest BCUT2D eigenvalue weighted by Gasteiger charge is 2.11. The van der Waals surface area contributed by atoms with E-state index in [0.29, 0.717) is 21.8 Å². The van der Waals surface area contributed by atoms with Gasteiger partial charge in [-0.1, -0.05) is 5.16 Å². The van der Waals surface area contributed by atoms with E-state index in [9.17, 15) is 4.79 Å². The molecule has 1 N–H and O–H groups in total. The first-order valence-electron chi connectivity index (χ1n) is 4.14. The SMILES string of the molecule is Cc1cc(NC(=O)c2coc(Br)c2)no1. The third-order valence-electron chi connectivity index (χ3n) is 1.70. The summed E-state index contributed by atoms with van der Waals surface area (Å²) in [6.45, 7) is 1.75.